The largest absolute Gasteiger partial charge is 0.457 e. The molecule has 0 unspecified atom stereocenters. The molecule has 1 fully saturated rings. The molecule has 0 radical (unpaired) electrons. The van der Waals surface area contributed by atoms with E-state index in [4.69, 9.17) is 16.6 Å². The van der Waals surface area contributed by atoms with Crippen LogP contribution in [0.15, 0.2) is 38.9 Å². The van der Waals surface area contributed by atoms with E-state index in [1.54, 1.807) is 6.08 Å². The molecule has 22 heavy (non-hydrogen) atoms. The fourth-order valence-electron chi connectivity index (χ4n) is 2.17. The Morgan fingerprint density at radius 1 is 1.18 bits per heavy atom. The van der Waals surface area contributed by atoms with Crippen molar-refractivity contribution in [2.75, 3.05) is 0 Å². The molecule has 2 N–H and O–H groups in total. The number of carbonyl (C=O) groups is 1. The maximum Gasteiger partial charge on any atom is 0.274 e. The summed E-state index contributed by atoms with van der Waals surface area (Å²) in [5, 5.41) is 5.61. The van der Waals surface area contributed by atoms with Gasteiger partial charge in [-0.25, -0.2) is 0 Å². The first-order chi connectivity index (χ1) is 10.4. The molecule has 1 amide bonds. The molecule has 2 heterocycles. The van der Waals surface area contributed by atoms with Crippen molar-refractivity contribution in [3.8, 4) is 11.3 Å². The molecule has 1 aliphatic rings. The third-order valence-corrected chi connectivity index (χ3v) is 4.34. The predicted molar refractivity (Wildman–Crippen MR) is 93.2 cm³/mol. The van der Waals surface area contributed by atoms with Gasteiger partial charge < -0.3 is 9.73 Å². The van der Waals surface area contributed by atoms with Gasteiger partial charge in [0, 0.05) is 16.1 Å². The van der Waals surface area contributed by atoms with E-state index in [2.05, 4.69) is 52.5 Å². The topological polar surface area (TPSA) is 54.3 Å². The Hall–Kier alpha value is -1.92. The lowest BCUT2D eigenvalue weighted by atomic mass is 10.1. The molecule has 0 spiro atoms. The maximum atomic E-state index is 11.6. The van der Waals surface area contributed by atoms with Gasteiger partial charge in [-0.15, -0.1) is 0 Å². The van der Waals surface area contributed by atoms with Gasteiger partial charge in [-0.3, -0.25) is 10.1 Å². The second-order valence-corrected chi connectivity index (χ2v) is 6.35. The highest BCUT2D eigenvalue weighted by molar-refractivity contribution is 9.10. The number of furan rings is 1. The van der Waals surface area contributed by atoms with Crippen LogP contribution in [0.4, 0.5) is 0 Å². The summed E-state index contributed by atoms with van der Waals surface area (Å²) in [4.78, 5) is 11.6. The minimum Gasteiger partial charge on any atom is -0.457 e. The van der Waals surface area contributed by atoms with Gasteiger partial charge in [-0.1, -0.05) is 15.9 Å². The zero-order valence-electron chi connectivity index (χ0n) is 12.0. The molecule has 4 nitrogen and oxygen atoms in total. The average Bonchev–Trinajstić information content (AvgIpc) is 3.02. The summed E-state index contributed by atoms with van der Waals surface area (Å²) < 4.78 is 6.80. The van der Waals surface area contributed by atoms with Crippen LogP contribution in [0.25, 0.3) is 17.4 Å². The molecule has 1 aromatic heterocycles. The smallest absolute Gasteiger partial charge is 0.274 e. The standard InChI is InChI=1S/C16H13BrN2O2S/c1-8-5-11(12(17)6-9(8)2)14-4-3-10(21-14)7-13-15(20)19-16(22)18-13/h3-7H,1-2H3,(H2,18,19,20,22)/b13-7+. The van der Waals surface area contributed by atoms with E-state index in [-0.39, 0.29) is 5.91 Å². The number of aryl methyl sites for hydroxylation is 2. The Morgan fingerprint density at radius 2 is 1.91 bits per heavy atom. The molecule has 112 valence electrons. The summed E-state index contributed by atoms with van der Waals surface area (Å²) >= 11 is 8.46. The van der Waals surface area contributed by atoms with E-state index in [1.165, 1.54) is 11.1 Å². The monoisotopic (exact) mass is 376 g/mol. The van der Waals surface area contributed by atoms with Crippen LogP contribution in [0.2, 0.25) is 0 Å². The van der Waals surface area contributed by atoms with Gasteiger partial charge in [-0.05, 0) is 61.5 Å². The van der Waals surface area contributed by atoms with Crippen molar-refractivity contribution in [2.45, 2.75) is 13.8 Å². The molecule has 6 heteroatoms. The Morgan fingerprint density at radius 3 is 2.59 bits per heavy atom. The quantitative estimate of drug-likeness (QED) is 0.620. The third-order valence-electron chi connectivity index (χ3n) is 3.48. The number of halogens is 1. The SMILES string of the molecule is Cc1cc(Br)c(-c2ccc(/C=C3/NC(=S)NC3=O)o2)cc1C. The molecule has 0 saturated carbocycles. The fraction of sp³-hybridized carbons (Fsp3) is 0.125. The number of hydrogen-bond donors (Lipinski definition) is 2. The first kappa shape index (κ1) is 15.0. The van der Waals surface area contributed by atoms with Crippen LogP contribution in [0, 0.1) is 13.8 Å². The van der Waals surface area contributed by atoms with Crippen molar-refractivity contribution in [2.24, 2.45) is 0 Å². The van der Waals surface area contributed by atoms with Crippen molar-refractivity contribution in [3.63, 3.8) is 0 Å². The van der Waals surface area contributed by atoms with Crippen molar-refractivity contribution < 1.29 is 9.21 Å². The summed E-state index contributed by atoms with van der Waals surface area (Å²) in [6.45, 7) is 4.12. The van der Waals surface area contributed by atoms with Crippen LogP contribution in [0.5, 0.6) is 0 Å². The van der Waals surface area contributed by atoms with Crippen LogP contribution < -0.4 is 10.6 Å². The van der Waals surface area contributed by atoms with Crippen molar-refractivity contribution in [1.82, 2.24) is 10.6 Å². The lowest BCUT2D eigenvalue weighted by molar-refractivity contribution is -0.115. The lowest BCUT2D eigenvalue weighted by Crippen LogP contribution is -2.21. The van der Waals surface area contributed by atoms with E-state index in [0.717, 1.165) is 15.8 Å². The summed E-state index contributed by atoms with van der Waals surface area (Å²) in [5.74, 6) is 1.07. The number of benzene rings is 1. The molecule has 1 aliphatic heterocycles. The van der Waals surface area contributed by atoms with Crippen molar-refractivity contribution >= 4 is 45.2 Å². The van der Waals surface area contributed by atoms with Crippen LogP contribution >= 0.6 is 28.1 Å². The highest BCUT2D eigenvalue weighted by atomic mass is 79.9. The zero-order valence-corrected chi connectivity index (χ0v) is 14.4. The molecule has 1 aromatic carbocycles. The number of hydrogen-bond acceptors (Lipinski definition) is 3. The molecular formula is C16H13BrN2O2S. The van der Waals surface area contributed by atoms with Gasteiger partial charge in [0.2, 0.25) is 0 Å². The highest BCUT2D eigenvalue weighted by Gasteiger charge is 2.20. The van der Waals surface area contributed by atoms with Crippen LogP contribution in [-0.2, 0) is 4.79 Å². The fourth-order valence-corrected chi connectivity index (χ4v) is 3.03. The highest BCUT2D eigenvalue weighted by Crippen LogP contribution is 2.32. The number of amides is 1. The molecule has 2 aromatic rings. The Balaban J connectivity index is 1.95. The van der Waals surface area contributed by atoms with Gasteiger partial charge in [0.25, 0.3) is 5.91 Å². The van der Waals surface area contributed by atoms with Gasteiger partial charge in [-0.2, -0.15) is 0 Å². The summed E-state index contributed by atoms with van der Waals surface area (Å²) in [5.41, 5.74) is 3.76. The number of nitrogens with one attached hydrogen (secondary N) is 2. The lowest BCUT2D eigenvalue weighted by Gasteiger charge is -2.06. The minimum atomic E-state index is -0.254. The van der Waals surface area contributed by atoms with Crippen LogP contribution in [0.3, 0.4) is 0 Å². The van der Waals surface area contributed by atoms with E-state index >= 15 is 0 Å². The summed E-state index contributed by atoms with van der Waals surface area (Å²) in [7, 11) is 0. The first-order valence-electron chi connectivity index (χ1n) is 6.65. The minimum absolute atomic E-state index is 0.254. The van der Waals surface area contributed by atoms with Crippen LogP contribution in [-0.4, -0.2) is 11.0 Å². The number of thiocarbonyl (C=S) groups is 1. The summed E-state index contributed by atoms with van der Waals surface area (Å²) in [6.07, 6.45) is 1.63. The zero-order chi connectivity index (χ0) is 15.9. The van der Waals surface area contributed by atoms with E-state index in [9.17, 15) is 4.79 Å². The normalized spacial score (nSPS) is 16.0. The van der Waals surface area contributed by atoms with Gasteiger partial charge in [0.15, 0.2) is 5.11 Å². The van der Waals surface area contributed by atoms with E-state index in [0.29, 0.717) is 16.6 Å². The van der Waals surface area contributed by atoms with E-state index in [1.807, 2.05) is 12.1 Å². The molecule has 0 aliphatic carbocycles. The molecular weight excluding hydrogens is 364 g/mol. The van der Waals surface area contributed by atoms with Crippen molar-refractivity contribution in [1.29, 1.82) is 0 Å². The van der Waals surface area contributed by atoms with Gasteiger partial charge in [0.05, 0.1) is 0 Å². The Bertz CT molecular complexity index is 824. The second-order valence-electron chi connectivity index (χ2n) is 5.08. The third kappa shape index (κ3) is 2.84. The number of rotatable bonds is 2. The van der Waals surface area contributed by atoms with Crippen LogP contribution in [0.1, 0.15) is 16.9 Å². The second kappa shape index (κ2) is 5.70. The maximum absolute atomic E-state index is 11.6. The number of carbonyl (C=O) groups excluding carboxylic acids is 1. The Labute approximate surface area is 141 Å². The average molecular weight is 377 g/mol. The molecule has 1 saturated heterocycles. The summed E-state index contributed by atoms with van der Waals surface area (Å²) in [6, 6.07) is 7.84. The predicted octanol–water partition coefficient (Wildman–Crippen LogP) is 3.67. The first-order valence-corrected chi connectivity index (χ1v) is 7.85. The van der Waals surface area contributed by atoms with Crippen molar-refractivity contribution in [3.05, 3.63) is 51.3 Å². The van der Waals surface area contributed by atoms with E-state index < -0.39 is 0 Å². The Kier molecular flexibility index (Phi) is 3.88. The van der Waals surface area contributed by atoms with Gasteiger partial charge >= 0.3 is 0 Å². The molecule has 3 rings (SSSR count). The molecule has 0 bridgehead atoms. The van der Waals surface area contributed by atoms with Gasteiger partial charge in [0.1, 0.15) is 17.2 Å². The molecule has 0 atom stereocenters.